The first-order valence-corrected chi connectivity index (χ1v) is 7.12. The van der Waals surface area contributed by atoms with Gasteiger partial charge in [0.1, 0.15) is 6.10 Å². The first-order chi connectivity index (χ1) is 9.65. The molecule has 1 aromatic carbocycles. The molecule has 1 aliphatic rings. The number of aliphatic hydroxyl groups excluding tert-OH is 1. The van der Waals surface area contributed by atoms with Crippen molar-refractivity contribution in [1.82, 2.24) is 10.2 Å². The van der Waals surface area contributed by atoms with Crippen LogP contribution in [0.3, 0.4) is 0 Å². The molecule has 1 saturated heterocycles. The van der Waals surface area contributed by atoms with E-state index in [2.05, 4.69) is 34.5 Å². The number of primary amides is 1. The van der Waals surface area contributed by atoms with Crippen molar-refractivity contribution >= 4 is 5.91 Å². The number of nitrogens with zero attached hydrogens (tertiary/aromatic N) is 1. The molecule has 0 spiro atoms. The van der Waals surface area contributed by atoms with E-state index >= 15 is 0 Å². The summed E-state index contributed by atoms with van der Waals surface area (Å²) in [6, 6.07) is 10.8. The van der Waals surface area contributed by atoms with Crippen molar-refractivity contribution in [3.8, 4) is 0 Å². The van der Waals surface area contributed by atoms with E-state index in [1.807, 2.05) is 6.07 Å². The maximum Gasteiger partial charge on any atom is 0.247 e. The third-order valence-corrected chi connectivity index (χ3v) is 3.76. The lowest BCUT2D eigenvalue weighted by atomic mass is 10.0. The van der Waals surface area contributed by atoms with Gasteiger partial charge in [0.05, 0.1) is 0 Å². The normalized spacial score (nSPS) is 18.9. The van der Waals surface area contributed by atoms with Crippen LogP contribution in [-0.2, 0) is 11.3 Å². The molecule has 4 N–H and O–H groups in total. The zero-order valence-corrected chi connectivity index (χ0v) is 11.7. The molecule has 110 valence electrons. The van der Waals surface area contributed by atoms with E-state index in [0.717, 1.165) is 32.5 Å². The summed E-state index contributed by atoms with van der Waals surface area (Å²) < 4.78 is 0. The fourth-order valence-corrected chi connectivity index (χ4v) is 2.52. The SMILES string of the molecule is NC(=O)C(O)CNC1CCN(Cc2ccccc2)CC1. The van der Waals surface area contributed by atoms with Crippen LogP contribution in [0.2, 0.25) is 0 Å². The van der Waals surface area contributed by atoms with Gasteiger partial charge >= 0.3 is 0 Å². The molecule has 0 radical (unpaired) electrons. The smallest absolute Gasteiger partial charge is 0.247 e. The second-order valence-corrected chi connectivity index (χ2v) is 5.36. The summed E-state index contributed by atoms with van der Waals surface area (Å²) in [6.07, 6.45) is 0.966. The van der Waals surface area contributed by atoms with Crippen LogP contribution >= 0.6 is 0 Å². The number of nitrogens with two attached hydrogens (primary N) is 1. The lowest BCUT2D eigenvalue weighted by molar-refractivity contribution is -0.125. The highest BCUT2D eigenvalue weighted by Crippen LogP contribution is 2.13. The monoisotopic (exact) mass is 277 g/mol. The van der Waals surface area contributed by atoms with Gasteiger partial charge in [-0.3, -0.25) is 9.69 Å². The van der Waals surface area contributed by atoms with Gasteiger partial charge in [-0.05, 0) is 31.5 Å². The van der Waals surface area contributed by atoms with E-state index in [9.17, 15) is 9.90 Å². The number of amides is 1. The molecule has 0 aliphatic carbocycles. The minimum Gasteiger partial charge on any atom is -0.382 e. The lowest BCUT2D eigenvalue weighted by Crippen LogP contribution is -2.46. The van der Waals surface area contributed by atoms with Crippen LogP contribution in [0.5, 0.6) is 0 Å². The molecule has 1 unspecified atom stereocenters. The maximum atomic E-state index is 10.8. The van der Waals surface area contributed by atoms with E-state index in [0.29, 0.717) is 6.04 Å². The molecule has 20 heavy (non-hydrogen) atoms. The van der Waals surface area contributed by atoms with E-state index in [1.165, 1.54) is 5.56 Å². The zero-order valence-electron chi connectivity index (χ0n) is 11.7. The Hall–Kier alpha value is -1.43. The van der Waals surface area contributed by atoms with E-state index in [4.69, 9.17) is 5.73 Å². The summed E-state index contributed by atoms with van der Waals surface area (Å²) in [5.41, 5.74) is 6.36. The average molecular weight is 277 g/mol. The van der Waals surface area contributed by atoms with Crippen molar-refractivity contribution in [2.75, 3.05) is 19.6 Å². The summed E-state index contributed by atoms with van der Waals surface area (Å²) in [5, 5.41) is 12.6. The Morgan fingerprint density at radius 3 is 2.60 bits per heavy atom. The van der Waals surface area contributed by atoms with E-state index in [1.54, 1.807) is 0 Å². The van der Waals surface area contributed by atoms with Crippen LogP contribution in [0.1, 0.15) is 18.4 Å². The van der Waals surface area contributed by atoms with Gasteiger partial charge in [-0.1, -0.05) is 30.3 Å². The van der Waals surface area contributed by atoms with Crippen LogP contribution in [0.15, 0.2) is 30.3 Å². The molecule has 1 aromatic rings. The second kappa shape index (κ2) is 7.38. The van der Waals surface area contributed by atoms with Gasteiger partial charge in [0.15, 0.2) is 0 Å². The predicted molar refractivity (Wildman–Crippen MR) is 77.9 cm³/mol. The Morgan fingerprint density at radius 1 is 1.35 bits per heavy atom. The largest absolute Gasteiger partial charge is 0.382 e. The summed E-state index contributed by atoms with van der Waals surface area (Å²) in [7, 11) is 0. The number of hydrogen-bond acceptors (Lipinski definition) is 4. The number of nitrogens with one attached hydrogen (secondary N) is 1. The Labute approximate surface area is 119 Å². The summed E-state index contributed by atoms with van der Waals surface area (Å²) in [4.78, 5) is 13.2. The minimum atomic E-state index is -1.09. The molecular weight excluding hydrogens is 254 g/mol. The quantitative estimate of drug-likeness (QED) is 0.688. The molecule has 0 bridgehead atoms. The fraction of sp³-hybridized carbons (Fsp3) is 0.533. The van der Waals surface area contributed by atoms with Crippen molar-refractivity contribution in [2.24, 2.45) is 5.73 Å². The Morgan fingerprint density at radius 2 is 2.00 bits per heavy atom. The molecular formula is C15H23N3O2. The van der Waals surface area contributed by atoms with Gasteiger partial charge in [-0.15, -0.1) is 0 Å². The van der Waals surface area contributed by atoms with Gasteiger partial charge in [0.25, 0.3) is 0 Å². The molecule has 1 heterocycles. The molecule has 5 nitrogen and oxygen atoms in total. The van der Waals surface area contributed by atoms with Gasteiger partial charge in [-0.25, -0.2) is 0 Å². The van der Waals surface area contributed by atoms with Crippen LogP contribution in [0.4, 0.5) is 0 Å². The topological polar surface area (TPSA) is 78.6 Å². The third-order valence-electron chi connectivity index (χ3n) is 3.76. The Kier molecular flexibility index (Phi) is 5.52. The molecule has 1 atom stereocenters. The van der Waals surface area contributed by atoms with Crippen LogP contribution < -0.4 is 11.1 Å². The maximum absolute atomic E-state index is 10.8. The number of piperidine rings is 1. The van der Waals surface area contributed by atoms with Crippen molar-refractivity contribution in [3.63, 3.8) is 0 Å². The number of rotatable bonds is 6. The molecule has 1 aliphatic heterocycles. The fourth-order valence-electron chi connectivity index (χ4n) is 2.52. The third kappa shape index (κ3) is 4.59. The van der Waals surface area contributed by atoms with Gasteiger partial charge in [-0.2, -0.15) is 0 Å². The summed E-state index contributed by atoms with van der Waals surface area (Å²) in [6.45, 7) is 3.29. The molecule has 5 heteroatoms. The first kappa shape index (κ1) is 15.0. The Bertz CT molecular complexity index is 416. The molecule has 0 aromatic heterocycles. The lowest BCUT2D eigenvalue weighted by Gasteiger charge is -2.32. The average Bonchev–Trinajstić information content (AvgIpc) is 2.47. The number of carbonyl (C=O) groups excluding carboxylic acids is 1. The predicted octanol–water partition coefficient (Wildman–Crippen LogP) is 0.0868. The highest BCUT2D eigenvalue weighted by Gasteiger charge is 2.20. The number of carbonyl (C=O) groups is 1. The molecule has 2 rings (SSSR count). The van der Waals surface area contributed by atoms with E-state index in [-0.39, 0.29) is 6.54 Å². The van der Waals surface area contributed by atoms with Crippen LogP contribution in [0.25, 0.3) is 0 Å². The molecule has 0 saturated carbocycles. The summed E-state index contributed by atoms with van der Waals surface area (Å²) >= 11 is 0. The zero-order chi connectivity index (χ0) is 14.4. The number of hydrogen-bond donors (Lipinski definition) is 3. The summed E-state index contributed by atoms with van der Waals surface area (Å²) in [5.74, 6) is -0.668. The first-order valence-electron chi connectivity index (χ1n) is 7.12. The minimum absolute atomic E-state index is 0.249. The highest BCUT2D eigenvalue weighted by atomic mass is 16.3. The van der Waals surface area contributed by atoms with Crippen LogP contribution in [-0.4, -0.2) is 47.7 Å². The van der Waals surface area contributed by atoms with Crippen molar-refractivity contribution in [3.05, 3.63) is 35.9 Å². The van der Waals surface area contributed by atoms with Gasteiger partial charge < -0.3 is 16.2 Å². The standard InChI is InChI=1S/C15H23N3O2/c16-15(20)14(19)10-17-13-6-8-18(9-7-13)11-12-4-2-1-3-5-12/h1-5,13-14,17,19H,6-11H2,(H2,16,20). The van der Waals surface area contributed by atoms with Crippen molar-refractivity contribution < 1.29 is 9.90 Å². The van der Waals surface area contributed by atoms with E-state index < -0.39 is 12.0 Å². The second-order valence-electron chi connectivity index (χ2n) is 5.36. The molecule has 1 amide bonds. The number of benzene rings is 1. The van der Waals surface area contributed by atoms with Crippen LogP contribution in [0, 0.1) is 0 Å². The van der Waals surface area contributed by atoms with Gasteiger partial charge in [0, 0.05) is 19.1 Å². The Balaban J connectivity index is 1.69. The van der Waals surface area contributed by atoms with Crippen molar-refractivity contribution in [2.45, 2.75) is 31.5 Å². The highest BCUT2D eigenvalue weighted by molar-refractivity contribution is 5.78. The van der Waals surface area contributed by atoms with Crippen molar-refractivity contribution in [1.29, 1.82) is 0 Å². The van der Waals surface area contributed by atoms with Gasteiger partial charge in [0.2, 0.25) is 5.91 Å². The molecule has 1 fully saturated rings. The number of aliphatic hydroxyl groups is 1. The number of likely N-dealkylation sites (tertiary alicyclic amines) is 1.